The summed E-state index contributed by atoms with van der Waals surface area (Å²) in [4.78, 5) is 2.27. The van der Waals surface area contributed by atoms with Gasteiger partial charge in [-0.25, -0.2) is 0 Å². The van der Waals surface area contributed by atoms with E-state index in [9.17, 15) is 5.11 Å². The highest BCUT2D eigenvalue weighted by atomic mass is 32.2. The van der Waals surface area contributed by atoms with Gasteiger partial charge in [0.1, 0.15) is 0 Å². The Morgan fingerprint density at radius 1 is 1.38 bits per heavy atom. The van der Waals surface area contributed by atoms with E-state index in [-0.39, 0.29) is 6.10 Å². The zero-order valence-corrected chi connectivity index (χ0v) is 12.2. The molecule has 0 rings (SSSR count). The van der Waals surface area contributed by atoms with Gasteiger partial charge in [0.15, 0.2) is 0 Å². The van der Waals surface area contributed by atoms with Crippen LogP contribution in [0.1, 0.15) is 27.2 Å². The summed E-state index contributed by atoms with van der Waals surface area (Å²) in [5, 5.41) is 13.1. The van der Waals surface area contributed by atoms with Crippen molar-refractivity contribution < 1.29 is 5.11 Å². The van der Waals surface area contributed by atoms with Crippen molar-refractivity contribution >= 4 is 11.8 Å². The molecule has 0 amide bonds. The molecule has 0 aliphatic heterocycles. The lowest BCUT2D eigenvalue weighted by atomic mass is 10.2. The van der Waals surface area contributed by atoms with E-state index in [2.05, 4.69) is 44.3 Å². The van der Waals surface area contributed by atoms with Gasteiger partial charge in [0.2, 0.25) is 0 Å². The predicted octanol–water partition coefficient (Wildman–Crippen LogP) is 1.42. The van der Waals surface area contributed by atoms with Crippen molar-refractivity contribution in [2.24, 2.45) is 0 Å². The van der Waals surface area contributed by atoms with Gasteiger partial charge in [-0.1, -0.05) is 20.8 Å². The maximum atomic E-state index is 9.87. The van der Waals surface area contributed by atoms with Gasteiger partial charge in [-0.05, 0) is 19.7 Å². The fourth-order valence-electron chi connectivity index (χ4n) is 1.67. The van der Waals surface area contributed by atoms with Crippen molar-refractivity contribution in [3.63, 3.8) is 0 Å². The van der Waals surface area contributed by atoms with Gasteiger partial charge in [0, 0.05) is 30.9 Å². The lowest BCUT2D eigenvalue weighted by molar-refractivity contribution is 0.105. The van der Waals surface area contributed by atoms with Crippen LogP contribution in [0.2, 0.25) is 0 Å². The largest absolute Gasteiger partial charge is 0.390 e. The van der Waals surface area contributed by atoms with Crippen LogP contribution in [0.3, 0.4) is 0 Å². The van der Waals surface area contributed by atoms with Crippen LogP contribution in [0.4, 0.5) is 0 Å². The molecule has 0 saturated heterocycles. The second-order valence-electron chi connectivity index (χ2n) is 4.67. The molecule has 0 aromatic carbocycles. The minimum Gasteiger partial charge on any atom is -0.390 e. The smallest absolute Gasteiger partial charge is 0.0791 e. The summed E-state index contributed by atoms with van der Waals surface area (Å²) in [5.41, 5.74) is 0. The Morgan fingerprint density at radius 2 is 2.00 bits per heavy atom. The lowest BCUT2D eigenvalue weighted by Crippen LogP contribution is -2.43. The first-order chi connectivity index (χ1) is 7.51. The Labute approximate surface area is 105 Å². The van der Waals surface area contributed by atoms with E-state index in [4.69, 9.17) is 0 Å². The number of aliphatic hydroxyl groups excluding tert-OH is 1. The van der Waals surface area contributed by atoms with Gasteiger partial charge in [0.25, 0.3) is 0 Å². The maximum Gasteiger partial charge on any atom is 0.0791 e. The summed E-state index contributed by atoms with van der Waals surface area (Å²) < 4.78 is 0. The number of rotatable bonds is 9. The molecule has 0 heterocycles. The third-order valence-electron chi connectivity index (χ3n) is 2.71. The molecule has 0 spiro atoms. The highest BCUT2D eigenvalue weighted by Gasteiger charge is 2.15. The first-order valence-corrected chi connectivity index (χ1v) is 7.51. The topological polar surface area (TPSA) is 35.5 Å². The highest BCUT2D eigenvalue weighted by Crippen LogP contribution is 2.08. The number of likely N-dealkylation sites (N-methyl/N-ethyl adjacent to an activating group) is 1. The quantitative estimate of drug-likeness (QED) is 0.647. The second kappa shape index (κ2) is 9.28. The van der Waals surface area contributed by atoms with Crippen LogP contribution in [-0.2, 0) is 0 Å². The molecule has 0 saturated carbocycles. The van der Waals surface area contributed by atoms with E-state index < -0.39 is 0 Å². The van der Waals surface area contributed by atoms with Crippen LogP contribution in [0.25, 0.3) is 0 Å². The fourth-order valence-corrected chi connectivity index (χ4v) is 2.54. The maximum absolute atomic E-state index is 9.87. The lowest BCUT2D eigenvalue weighted by Gasteiger charge is -2.29. The standard InChI is InChI=1S/C12H28N2OS/c1-6-11(9-16-5)14(4)8-12(15)7-13-10(2)3/h10-13,15H,6-9H2,1-5H3. The van der Waals surface area contributed by atoms with Crippen molar-refractivity contribution in [3.8, 4) is 0 Å². The zero-order chi connectivity index (χ0) is 12.6. The van der Waals surface area contributed by atoms with Crippen LogP contribution in [0.15, 0.2) is 0 Å². The normalized spacial score (nSPS) is 15.8. The SMILES string of the molecule is CCC(CSC)N(C)CC(O)CNC(C)C. The average molecular weight is 248 g/mol. The zero-order valence-electron chi connectivity index (χ0n) is 11.4. The number of thioether (sulfide) groups is 1. The number of nitrogens with zero attached hydrogens (tertiary/aromatic N) is 1. The Balaban J connectivity index is 3.86. The number of hydrogen-bond acceptors (Lipinski definition) is 4. The Hall–Kier alpha value is 0.230. The predicted molar refractivity (Wildman–Crippen MR) is 74.2 cm³/mol. The third-order valence-corrected chi connectivity index (χ3v) is 3.43. The molecular formula is C12H28N2OS. The van der Waals surface area contributed by atoms with Crippen molar-refractivity contribution in [3.05, 3.63) is 0 Å². The summed E-state index contributed by atoms with van der Waals surface area (Å²) in [6, 6.07) is 1.01. The molecule has 16 heavy (non-hydrogen) atoms. The summed E-state index contributed by atoms with van der Waals surface area (Å²) in [6.07, 6.45) is 3.00. The molecule has 4 heteroatoms. The van der Waals surface area contributed by atoms with E-state index in [0.29, 0.717) is 18.6 Å². The molecule has 2 N–H and O–H groups in total. The molecule has 2 atom stereocenters. The van der Waals surface area contributed by atoms with E-state index >= 15 is 0 Å². The minimum absolute atomic E-state index is 0.275. The number of nitrogens with one attached hydrogen (secondary N) is 1. The van der Waals surface area contributed by atoms with Crippen LogP contribution >= 0.6 is 11.8 Å². The Morgan fingerprint density at radius 3 is 2.44 bits per heavy atom. The van der Waals surface area contributed by atoms with E-state index in [1.165, 1.54) is 0 Å². The molecule has 0 aromatic rings. The summed E-state index contributed by atoms with van der Waals surface area (Å²) in [5.74, 6) is 1.14. The number of hydrogen-bond donors (Lipinski definition) is 2. The van der Waals surface area contributed by atoms with Gasteiger partial charge >= 0.3 is 0 Å². The van der Waals surface area contributed by atoms with Crippen LogP contribution < -0.4 is 5.32 Å². The Kier molecular flexibility index (Phi) is 9.41. The highest BCUT2D eigenvalue weighted by molar-refractivity contribution is 7.98. The van der Waals surface area contributed by atoms with Gasteiger partial charge in [0.05, 0.1) is 6.10 Å². The van der Waals surface area contributed by atoms with Crippen molar-refractivity contribution in [1.29, 1.82) is 0 Å². The average Bonchev–Trinajstić information content (AvgIpc) is 2.22. The summed E-state index contributed by atoms with van der Waals surface area (Å²) in [7, 11) is 2.10. The van der Waals surface area contributed by atoms with E-state index in [0.717, 1.165) is 18.7 Å². The molecule has 0 aliphatic rings. The molecule has 0 radical (unpaired) electrons. The van der Waals surface area contributed by atoms with Gasteiger partial charge in [-0.15, -0.1) is 0 Å². The van der Waals surface area contributed by atoms with Crippen LogP contribution in [0.5, 0.6) is 0 Å². The molecule has 0 bridgehead atoms. The molecule has 0 aromatic heterocycles. The monoisotopic (exact) mass is 248 g/mol. The van der Waals surface area contributed by atoms with E-state index in [1.54, 1.807) is 0 Å². The molecule has 98 valence electrons. The fraction of sp³-hybridized carbons (Fsp3) is 1.00. The Bertz CT molecular complexity index is 167. The van der Waals surface area contributed by atoms with E-state index in [1.807, 2.05) is 11.8 Å². The van der Waals surface area contributed by atoms with Gasteiger partial charge in [-0.3, -0.25) is 4.90 Å². The number of aliphatic hydroxyl groups is 1. The van der Waals surface area contributed by atoms with Gasteiger partial charge < -0.3 is 10.4 Å². The summed E-state index contributed by atoms with van der Waals surface area (Å²) in [6.45, 7) is 7.82. The molecule has 2 unspecified atom stereocenters. The molecule has 0 aliphatic carbocycles. The molecule has 0 fully saturated rings. The minimum atomic E-state index is -0.275. The van der Waals surface area contributed by atoms with Crippen molar-refractivity contribution in [2.45, 2.75) is 45.4 Å². The summed E-state index contributed by atoms with van der Waals surface area (Å²) >= 11 is 1.87. The van der Waals surface area contributed by atoms with Crippen molar-refractivity contribution in [1.82, 2.24) is 10.2 Å². The van der Waals surface area contributed by atoms with Crippen molar-refractivity contribution in [2.75, 3.05) is 32.1 Å². The first-order valence-electron chi connectivity index (χ1n) is 6.11. The van der Waals surface area contributed by atoms with Crippen LogP contribution in [-0.4, -0.2) is 60.3 Å². The second-order valence-corrected chi connectivity index (χ2v) is 5.58. The molecular weight excluding hydrogens is 220 g/mol. The van der Waals surface area contributed by atoms with Crippen LogP contribution in [0, 0.1) is 0 Å². The first kappa shape index (κ1) is 16.2. The third kappa shape index (κ3) is 7.49. The molecule has 3 nitrogen and oxygen atoms in total. The van der Waals surface area contributed by atoms with Gasteiger partial charge in [-0.2, -0.15) is 11.8 Å².